The summed E-state index contributed by atoms with van der Waals surface area (Å²) in [4.78, 5) is 0. The summed E-state index contributed by atoms with van der Waals surface area (Å²) >= 11 is 9.09. The van der Waals surface area contributed by atoms with E-state index in [0.29, 0.717) is 5.02 Å². The van der Waals surface area contributed by atoms with Gasteiger partial charge in [-0.3, -0.25) is 0 Å². The summed E-state index contributed by atoms with van der Waals surface area (Å²) in [5.74, 6) is -0.00955. The van der Waals surface area contributed by atoms with Crippen LogP contribution in [0.5, 0.6) is 0 Å². The molecule has 0 bridgehead atoms. The van der Waals surface area contributed by atoms with Crippen molar-refractivity contribution >= 4 is 43.4 Å². The SMILES string of the molecule is O=S(=O)(C=Cc1ccc(Cl)cc1)Cc1ccc(Br)cc1. The van der Waals surface area contributed by atoms with Crippen molar-refractivity contribution in [3.05, 3.63) is 74.6 Å². The Morgan fingerprint density at radius 3 is 2.20 bits per heavy atom. The van der Waals surface area contributed by atoms with Crippen LogP contribution in [-0.4, -0.2) is 8.42 Å². The van der Waals surface area contributed by atoms with Crippen molar-refractivity contribution in [1.29, 1.82) is 0 Å². The molecule has 0 fully saturated rings. The van der Waals surface area contributed by atoms with Gasteiger partial charge < -0.3 is 0 Å². The number of benzene rings is 2. The summed E-state index contributed by atoms with van der Waals surface area (Å²) in [6.45, 7) is 0. The molecule has 0 saturated heterocycles. The highest BCUT2D eigenvalue weighted by atomic mass is 79.9. The third-order valence-corrected chi connectivity index (χ3v) is 4.69. The minimum atomic E-state index is -3.28. The van der Waals surface area contributed by atoms with Crippen molar-refractivity contribution < 1.29 is 8.42 Å². The van der Waals surface area contributed by atoms with Gasteiger partial charge >= 0.3 is 0 Å². The lowest BCUT2D eigenvalue weighted by molar-refractivity contribution is 0.604. The molecule has 0 aromatic heterocycles. The van der Waals surface area contributed by atoms with E-state index in [1.807, 2.05) is 12.1 Å². The Labute approximate surface area is 132 Å². The summed E-state index contributed by atoms with van der Waals surface area (Å²) in [7, 11) is -3.28. The van der Waals surface area contributed by atoms with E-state index in [1.165, 1.54) is 5.41 Å². The van der Waals surface area contributed by atoms with Crippen molar-refractivity contribution in [2.75, 3.05) is 0 Å². The summed E-state index contributed by atoms with van der Waals surface area (Å²) in [5, 5.41) is 1.86. The van der Waals surface area contributed by atoms with Gasteiger partial charge in [-0.15, -0.1) is 0 Å². The van der Waals surface area contributed by atoms with Gasteiger partial charge in [0.05, 0.1) is 5.75 Å². The van der Waals surface area contributed by atoms with E-state index in [-0.39, 0.29) is 5.75 Å². The molecule has 0 amide bonds. The third kappa shape index (κ3) is 4.78. The lowest BCUT2D eigenvalue weighted by Crippen LogP contribution is -1.99. The van der Waals surface area contributed by atoms with Crippen LogP contribution in [0, 0.1) is 0 Å². The molecule has 0 atom stereocenters. The summed E-state index contributed by atoms with van der Waals surface area (Å²) in [6, 6.07) is 14.2. The first-order valence-electron chi connectivity index (χ1n) is 5.85. The first-order valence-corrected chi connectivity index (χ1v) is 8.74. The van der Waals surface area contributed by atoms with Crippen LogP contribution in [0.1, 0.15) is 11.1 Å². The Kier molecular flexibility index (Phi) is 5.02. The van der Waals surface area contributed by atoms with Crippen LogP contribution in [0.25, 0.3) is 6.08 Å². The Morgan fingerprint density at radius 2 is 1.60 bits per heavy atom. The fourth-order valence-electron chi connectivity index (χ4n) is 1.62. The molecule has 5 heteroatoms. The average Bonchev–Trinajstić information content (AvgIpc) is 2.41. The minimum Gasteiger partial charge on any atom is -0.224 e. The molecular formula is C15H12BrClO2S. The molecule has 2 aromatic carbocycles. The van der Waals surface area contributed by atoms with Gasteiger partial charge in [-0.1, -0.05) is 51.8 Å². The predicted octanol–water partition coefficient (Wildman–Crippen LogP) is 4.69. The Balaban J connectivity index is 2.11. The molecule has 104 valence electrons. The number of hydrogen-bond donors (Lipinski definition) is 0. The molecule has 2 nitrogen and oxygen atoms in total. The van der Waals surface area contributed by atoms with E-state index >= 15 is 0 Å². The summed E-state index contributed by atoms with van der Waals surface area (Å²) < 4.78 is 24.9. The van der Waals surface area contributed by atoms with Crippen molar-refractivity contribution in [1.82, 2.24) is 0 Å². The van der Waals surface area contributed by atoms with Gasteiger partial charge in [0.1, 0.15) is 0 Å². The monoisotopic (exact) mass is 370 g/mol. The molecule has 0 N–H and O–H groups in total. The smallest absolute Gasteiger partial charge is 0.175 e. The molecule has 0 aliphatic rings. The maximum Gasteiger partial charge on any atom is 0.175 e. The van der Waals surface area contributed by atoms with Crippen molar-refractivity contribution in [2.24, 2.45) is 0 Å². The standard InChI is InChI=1S/C15H12BrClO2S/c16-14-5-1-13(2-6-14)11-20(18,19)10-9-12-3-7-15(17)8-4-12/h1-10H,11H2. The van der Waals surface area contributed by atoms with Gasteiger partial charge in [0.15, 0.2) is 9.84 Å². The van der Waals surface area contributed by atoms with Crippen molar-refractivity contribution in [3.8, 4) is 0 Å². The van der Waals surface area contributed by atoms with E-state index in [0.717, 1.165) is 15.6 Å². The summed E-state index contributed by atoms with van der Waals surface area (Å²) in [5.41, 5.74) is 1.56. The Morgan fingerprint density at radius 1 is 1.00 bits per heavy atom. The molecular weight excluding hydrogens is 360 g/mol. The molecule has 0 unspecified atom stereocenters. The highest BCUT2D eigenvalue weighted by Crippen LogP contribution is 2.15. The molecule has 0 heterocycles. The maximum absolute atomic E-state index is 12.0. The van der Waals surface area contributed by atoms with Crippen LogP contribution in [0.15, 0.2) is 58.4 Å². The zero-order chi connectivity index (χ0) is 14.6. The van der Waals surface area contributed by atoms with Gasteiger partial charge in [0.2, 0.25) is 0 Å². The van der Waals surface area contributed by atoms with Crippen LogP contribution >= 0.6 is 27.5 Å². The number of rotatable bonds is 4. The zero-order valence-electron chi connectivity index (χ0n) is 10.5. The van der Waals surface area contributed by atoms with Crippen LogP contribution in [-0.2, 0) is 15.6 Å². The van der Waals surface area contributed by atoms with Crippen LogP contribution in [0.3, 0.4) is 0 Å². The predicted molar refractivity (Wildman–Crippen MR) is 87.3 cm³/mol. The molecule has 0 aliphatic carbocycles. The lowest BCUT2D eigenvalue weighted by atomic mass is 10.2. The van der Waals surface area contributed by atoms with E-state index < -0.39 is 9.84 Å². The number of hydrogen-bond acceptors (Lipinski definition) is 2. The summed E-state index contributed by atoms with van der Waals surface area (Å²) in [6.07, 6.45) is 1.57. The molecule has 0 aliphatic heterocycles. The lowest BCUT2D eigenvalue weighted by Gasteiger charge is -2.00. The van der Waals surface area contributed by atoms with E-state index in [9.17, 15) is 8.42 Å². The van der Waals surface area contributed by atoms with Crippen molar-refractivity contribution in [3.63, 3.8) is 0 Å². The quantitative estimate of drug-likeness (QED) is 0.781. The van der Waals surface area contributed by atoms with Crippen LogP contribution in [0.2, 0.25) is 5.02 Å². The second-order valence-electron chi connectivity index (χ2n) is 4.29. The molecule has 2 aromatic rings. The normalized spacial score (nSPS) is 11.9. The Hall–Kier alpha value is -1.10. The first-order chi connectivity index (χ1) is 9.44. The molecule has 20 heavy (non-hydrogen) atoms. The van der Waals surface area contributed by atoms with Crippen molar-refractivity contribution in [2.45, 2.75) is 5.75 Å². The minimum absolute atomic E-state index is 0.00955. The first kappa shape index (κ1) is 15.3. The average molecular weight is 372 g/mol. The number of halogens is 2. The van der Waals surface area contributed by atoms with E-state index in [2.05, 4.69) is 15.9 Å². The van der Waals surface area contributed by atoms with Gasteiger partial charge in [0.25, 0.3) is 0 Å². The largest absolute Gasteiger partial charge is 0.224 e. The fourth-order valence-corrected chi connectivity index (χ4v) is 3.13. The second-order valence-corrected chi connectivity index (χ2v) is 7.53. The molecule has 2 rings (SSSR count). The van der Waals surface area contributed by atoms with Gasteiger partial charge in [-0.05, 0) is 41.5 Å². The highest BCUT2D eigenvalue weighted by Gasteiger charge is 2.07. The highest BCUT2D eigenvalue weighted by molar-refractivity contribution is 9.10. The molecule has 0 saturated carbocycles. The Bertz CT molecular complexity index is 705. The van der Waals surface area contributed by atoms with Gasteiger partial charge in [0, 0.05) is 14.9 Å². The van der Waals surface area contributed by atoms with E-state index in [1.54, 1.807) is 42.5 Å². The zero-order valence-corrected chi connectivity index (χ0v) is 13.6. The second kappa shape index (κ2) is 6.57. The topological polar surface area (TPSA) is 34.1 Å². The van der Waals surface area contributed by atoms with Crippen LogP contribution < -0.4 is 0 Å². The van der Waals surface area contributed by atoms with Crippen LogP contribution in [0.4, 0.5) is 0 Å². The number of sulfone groups is 1. The van der Waals surface area contributed by atoms with Gasteiger partial charge in [-0.25, -0.2) is 8.42 Å². The maximum atomic E-state index is 12.0. The fraction of sp³-hybridized carbons (Fsp3) is 0.0667. The molecule has 0 spiro atoms. The van der Waals surface area contributed by atoms with Gasteiger partial charge in [-0.2, -0.15) is 0 Å². The molecule has 0 radical (unpaired) electrons. The van der Waals surface area contributed by atoms with E-state index in [4.69, 9.17) is 11.6 Å². The third-order valence-electron chi connectivity index (χ3n) is 2.62.